The number of likely N-dealkylation sites (tertiary alicyclic amines) is 1. The molecule has 2 aromatic rings. The van der Waals surface area contributed by atoms with Crippen LogP contribution in [0.4, 0.5) is 18.0 Å². The molecule has 1 fully saturated rings. The van der Waals surface area contributed by atoms with Gasteiger partial charge in [0.25, 0.3) is 0 Å². The molecule has 150 valence electrons. The van der Waals surface area contributed by atoms with E-state index in [4.69, 9.17) is 0 Å². The Bertz CT molecular complexity index is 788. The number of hydrogen-bond donors (Lipinski definition) is 2. The minimum Gasteiger partial charge on any atom is -0.388 e. The number of rotatable bonds is 4. The first-order valence-corrected chi connectivity index (χ1v) is 9.26. The SMILES string of the molecule is O=C(NCc1cccc(C(F)(F)F)c1)N1CCC(C(O)c2ccccc2)CC1. The summed E-state index contributed by atoms with van der Waals surface area (Å²) in [6.45, 7) is 1.04. The third kappa shape index (κ3) is 5.04. The molecule has 1 atom stereocenters. The molecule has 3 rings (SSSR count). The number of nitrogens with zero attached hydrogens (tertiary/aromatic N) is 1. The highest BCUT2D eigenvalue weighted by molar-refractivity contribution is 5.74. The number of piperidine rings is 1. The lowest BCUT2D eigenvalue weighted by molar-refractivity contribution is -0.137. The number of aliphatic hydroxyl groups excluding tert-OH is 1. The molecule has 0 radical (unpaired) electrons. The van der Waals surface area contributed by atoms with E-state index in [1.54, 1.807) is 11.0 Å². The third-order valence-electron chi connectivity index (χ3n) is 5.11. The minimum atomic E-state index is -4.40. The predicted molar refractivity (Wildman–Crippen MR) is 99.4 cm³/mol. The average Bonchev–Trinajstić information content (AvgIpc) is 2.72. The molecular formula is C21H23F3N2O2. The Morgan fingerprint density at radius 1 is 1.11 bits per heavy atom. The van der Waals surface area contributed by atoms with Crippen molar-refractivity contribution >= 4 is 6.03 Å². The number of amides is 2. The monoisotopic (exact) mass is 392 g/mol. The molecule has 2 amide bonds. The molecule has 0 spiro atoms. The van der Waals surface area contributed by atoms with Crippen molar-refractivity contribution in [2.45, 2.75) is 31.7 Å². The summed E-state index contributed by atoms with van der Waals surface area (Å²) in [5, 5.41) is 13.2. The second-order valence-corrected chi connectivity index (χ2v) is 7.04. The highest BCUT2D eigenvalue weighted by Crippen LogP contribution is 2.31. The smallest absolute Gasteiger partial charge is 0.388 e. The van der Waals surface area contributed by atoms with Gasteiger partial charge in [0.05, 0.1) is 11.7 Å². The van der Waals surface area contributed by atoms with Gasteiger partial charge in [-0.25, -0.2) is 4.79 Å². The number of urea groups is 1. The van der Waals surface area contributed by atoms with Crippen molar-refractivity contribution < 1.29 is 23.1 Å². The maximum absolute atomic E-state index is 12.8. The molecule has 1 saturated heterocycles. The Kier molecular flexibility index (Phi) is 6.24. The summed E-state index contributed by atoms with van der Waals surface area (Å²) in [5.74, 6) is 0.0786. The van der Waals surface area contributed by atoms with Crippen LogP contribution in [0.5, 0.6) is 0 Å². The van der Waals surface area contributed by atoms with E-state index in [1.807, 2.05) is 30.3 Å². The highest BCUT2D eigenvalue weighted by atomic mass is 19.4. The summed E-state index contributed by atoms with van der Waals surface area (Å²) < 4.78 is 38.3. The normalized spacial score (nSPS) is 16.6. The fourth-order valence-corrected chi connectivity index (χ4v) is 3.49. The van der Waals surface area contributed by atoms with Crippen LogP contribution in [0.3, 0.4) is 0 Å². The summed E-state index contributed by atoms with van der Waals surface area (Å²) in [7, 11) is 0. The van der Waals surface area contributed by atoms with Crippen molar-refractivity contribution in [1.29, 1.82) is 0 Å². The van der Waals surface area contributed by atoms with Crippen LogP contribution in [0.15, 0.2) is 54.6 Å². The highest BCUT2D eigenvalue weighted by Gasteiger charge is 2.31. The van der Waals surface area contributed by atoms with Crippen LogP contribution < -0.4 is 5.32 Å². The number of carbonyl (C=O) groups excluding carboxylic acids is 1. The second kappa shape index (κ2) is 8.65. The number of benzene rings is 2. The Hall–Kier alpha value is -2.54. The van der Waals surface area contributed by atoms with Gasteiger partial charge < -0.3 is 15.3 Å². The van der Waals surface area contributed by atoms with Crippen molar-refractivity contribution in [2.24, 2.45) is 5.92 Å². The zero-order valence-electron chi connectivity index (χ0n) is 15.3. The van der Waals surface area contributed by atoms with Crippen LogP contribution in [-0.2, 0) is 12.7 Å². The molecule has 0 bridgehead atoms. The molecule has 0 saturated carbocycles. The van der Waals surface area contributed by atoms with E-state index >= 15 is 0 Å². The largest absolute Gasteiger partial charge is 0.416 e. The lowest BCUT2D eigenvalue weighted by atomic mass is 9.87. The number of halogens is 3. The topological polar surface area (TPSA) is 52.6 Å². The molecule has 0 aromatic heterocycles. The van der Waals surface area contributed by atoms with Gasteiger partial charge in [-0.15, -0.1) is 0 Å². The molecule has 1 unspecified atom stereocenters. The zero-order valence-corrected chi connectivity index (χ0v) is 15.3. The van der Waals surface area contributed by atoms with Crippen LogP contribution in [0.1, 0.15) is 35.6 Å². The molecule has 1 aliphatic rings. The molecule has 0 aliphatic carbocycles. The summed E-state index contributed by atoms with van der Waals surface area (Å²) in [4.78, 5) is 14.0. The summed E-state index contributed by atoms with van der Waals surface area (Å²) in [6, 6.07) is 14.1. The predicted octanol–water partition coefficient (Wildman–Crippen LogP) is 4.36. The molecule has 7 heteroatoms. The van der Waals surface area contributed by atoms with Crippen molar-refractivity contribution in [3.63, 3.8) is 0 Å². The average molecular weight is 392 g/mol. The fourth-order valence-electron chi connectivity index (χ4n) is 3.49. The van der Waals surface area contributed by atoms with E-state index in [-0.39, 0.29) is 18.5 Å². The molecule has 28 heavy (non-hydrogen) atoms. The van der Waals surface area contributed by atoms with E-state index in [1.165, 1.54) is 6.07 Å². The van der Waals surface area contributed by atoms with Crippen LogP contribution >= 0.6 is 0 Å². The second-order valence-electron chi connectivity index (χ2n) is 7.04. The Morgan fingerprint density at radius 3 is 2.43 bits per heavy atom. The van der Waals surface area contributed by atoms with Crippen molar-refractivity contribution in [3.8, 4) is 0 Å². The fraction of sp³-hybridized carbons (Fsp3) is 0.381. The van der Waals surface area contributed by atoms with Gasteiger partial charge in [0.15, 0.2) is 0 Å². The van der Waals surface area contributed by atoms with E-state index in [2.05, 4.69) is 5.32 Å². The molecule has 1 aliphatic heterocycles. The van der Waals surface area contributed by atoms with E-state index in [0.717, 1.165) is 17.7 Å². The molecule has 2 N–H and O–H groups in total. The molecule has 2 aromatic carbocycles. The van der Waals surface area contributed by atoms with Crippen LogP contribution in [0.2, 0.25) is 0 Å². The Morgan fingerprint density at radius 2 is 1.79 bits per heavy atom. The summed E-state index contributed by atoms with van der Waals surface area (Å²) >= 11 is 0. The van der Waals surface area contributed by atoms with E-state index in [0.29, 0.717) is 31.5 Å². The first-order valence-electron chi connectivity index (χ1n) is 9.26. The number of hydrogen-bond acceptors (Lipinski definition) is 2. The van der Waals surface area contributed by atoms with Crippen LogP contribution in [0, 0.1) is 5.92 Å². The standard InChI is InChI=1S/C21H23F3N2O2/c22-21(23,24)18-8-4-5-15(13-18)14-25-20(28)26-11-9-17(10-12-26)19(27)16-6-2-1-3-7-16/h1-8,13,17,19,27H,9-12,14H2,(H,25,28). The lowest BCUT2D eigenvalue weighted by Gasteiger charge is -2.34. The van der Waals surface area contributed by atoms with Gasteiger partial charge in [-0.3, -0.25) is 0 Å². The van der Waals surface area contributed by atoms with E-state index < -0.39 is 17.8 Å². The number of aliphatic hydroxyl groups is 1. The van der Waals surface area contributed by atoms with Crippen LogP contribution in [0.25, 0.3) is 0 Å². The minimum absolute atomic E-state index is 0.0370. The maximum Gasteiger partial charge on any atom is 0.416 e. The number of alkyl halides is 3. The first-order chi connectivity index (χ1) is 13.3. The van der Waals surface area contributed by atoms with Gasteiger partial charge >= 0.3 is 12.2 Å². The number of nitrogens with one attached hydrogen (secondary N) is 1. The molecule has 1 heterocycles. The van der Waals surface area contributed by atoms with Gasteiger partial charge in [0.2, 0.25) is 0 Å². The molecular weight excluding hydrogens is 369 g/mol. The van der Waals surface area contributed by atoms with Gasteiger partial charge in [-0.1, -0.05) is 42.5 Å². The Balaban J connectivity index is 1.49. The maximum atomic E-state index is 12.8. The van der Waals surface area contributed by atoms with Crippen molar-refractivity contribution in [3.05, 3.63) is 71.3 Å². The van der Waals surface area contributed by atoms with Gasteiger partial charge in [-0.05, 0) is 42.0 Å². The van der Waals surface area contributed by atoms with Crippen molar-refractivity contribution in [1.82, 2.24) is 10.2 Å². The quantitative estimate of drug-likeness (QED) is 0.812. The lowest BCUT2D eigenvalue weighted by Crippen LogP contribution is -2.44. The summed E-state index contributed by atoms with van der Waals surface area (Å²) in [5.41, 5.74) is 0.544. The number of carbonyl (C=O) groups is 1. The van der Waals surface area contributed by atoms with Gasteiger partial charge in [0.1, 0.15) is 0 Å². The third-order valence-corrected chi connectivity index (χ3v) is 5.11. The van der Waals surface area contributed by atoms with Gasteiger partial charge in [0, 0.05) is 19.6 Å². The first kappa shape index (κ1) is 20.2. The summed E-state index contributed by atoms with van der Waals surface area (Å²) in [6.07, 6.45) is -3.61. The van der Waals surface area contributed by atoms with Crippen LogP contribution in [-0.4, -0.2) is 29.1 Å². The molecule has 4 nitrogen and oxygen atoms in total. The Labute approximate surface area is 162 Å². The van der Waals surface area contributed by atoms with E-state index in [9.17, 15) is 23.1 Å². The van der Waals surface area contributed by atoms with Gasteiger partial charge in [-0.2, -0.15) is 13.2 Å². The zero-order chi connectivity index (χ0) is 20.1. The van der Waals surface area contributed by atoms with Crippen molar-refractivity contribution in [2.75, 3.05) is 13.1 Å².